The molecule has 0 heterocycles. The van der Waals surface area contributed by atoms with E-state index in [-0.39, 0.29) is 5.04 Å². The van der Waals surface area contributed by atoms with E-state index in [4.69, 9.17) is 13.9 Å². The molecule has 1 unspecified atom stereocenters. The van der Waals surface area contributed by atoms with Gasteiger partial charge in [0.25, 0.3) is 0 Å². The molecule has 0 aliphatic rings. The van der Waals surface area contributed by atoms with E-state index in [9.17, 15) is 0 Å². The molecule has 0 N–H and O–H groups in total. The first-order chi connectivity index (χ1) is 12.0. The van der Waals surface area contributed by atoms with Gasteiger partial charge in [0.2, 0.25) is 0 Å². The lowest BCUT2D eigenvalue weighted by Crippen LogP contribution is -2.42. The van der Waals surface area contributed by atoms with Gasteiger partial charge < -0.3 is 18.8 Å². The van der Waals surface area contributed by atoms with Crippen molar-refractivity contribution in [3.63, 3.8) is 0 Å². The van der Waals surface area contributed by atoms with Crippen LogP contribution in [-0.2, 0) is 10.8 Å². The lowest BCUT2D eigenvalue weighted by Gasteiger charge is -2.37. The van der Waals surface area contributed by atoms with Crippen molar-refractivity contribution in [1.82, 2.24) is 4.90 Å². The Bertz CT molecular complexity index is 555. The summed E-state index contributed by atoms with van der Waals surface area (Å²) >= 11 is 0. The van der Waals surface area contributed by atoms with Gasteiger partial charge in [-0.3, -0.25) is 0 Å². The highest BCUT2D eigenvalue weighted by Gasteiger charge is 2.36. The average Bonchev–Trinajstić information content (AvgIpc) is 2.57. The monoisotopic (exact) mass is 381 g/mol. The predicted molar refractivity (Wildman–Crippen MR) is 113 cm³/mol. The van der Waals surface area contributed by atoms with Crippen molar-refractivity contribution >= 4 is 8.32 Å². The fourth-order valence-electron chi connectivity index (χ4n) is 2.48. The largest absolute Gasteiger partial charge is 0.493 e. The molecule has 1 rings (SSSR count). The average molecular weight is 382 g/mol. The number of hydrogen-bond donors (Lipinski definition) is 0. The van der Waals surface area contributed by atoms with Gasteiger partial charge in [0.15, 0.2) is 19.8 Å². The Morgan fingerprint density at radius 3 is 2.23 bits per heavy atom. The van der Waals surface area contributed by atoms with Gasteiger partial charge in [-0.15, -0.1) is 0 Å². The maximum atomic E-state index is 6.32. The van der Waals surface area contributed by atoms with Crippen molar-refractivity contribution in [2.24, 2.45) is 0 Å². The molecule has 150 valence electrons. The van der Waals surface area contributed by atoms with Crippen molar-refractivity contribution in [3.05, 3.63) is 23.8 Å². The quantitative estimate of drug-likeness (QED) is 0.535. The molecule has 1 aromatic carbocycles. The molecule has 0 aromatic heterocycles. The molecule has 0 amide bonds. The number of benzene rings is 1. The van der Waals surface area contributed by atoms with Gasteiger partial charge in [-0.2, -0.15) is 0 Å². The van der Waals surface area contributed by atoms with E-state index in [0.29, 0.717) is 6.04 Å². The van der Waals surface area contributed by atoms with Crippen LogP contribution in [0.25, 0.3) is 0 Å². The molecule has 0 fully saturated rings. The summed E-state index contributed by atoms with van der Waals surface area (Å²) < 4.78 is 17.0. The highest BCUT2D eigenvalue weighted by atomic mass is 28.4. The van der Waals surface area contributed by atoms with Crippen LogP contribution in [0.2, 0.25) is 18.1 Å². The van der Waals surface area contributed by atoms with Gasteiger partial charge in [0, 0.05) is 19.2 Å². The van der Waals surface area contributed by atoms with E-state index < -0.39 is 8.32 Å². The molecule has 0 saturated carbocycles. The molecule has 1 aromatic rings. The van der Waals surface area contributed by atoms with Crippen molar-refractivity contribution in [1.29, 1.82) is 0 Å². The third-order valence-corrected chi connectivity index (χ3v) is 10.3. The third kappa shape index (κ3) is 6.60. The van der Waals surface area contributed by atoms with Crippen LogP contribution in [0.1, 0.15) is 39.7 Å². The van der Waals surface area contributed by atoms with E-state index >= 15 is 0 Å². The molecule has 0 radical (unpaired) electrons. The summed E-state index contributed by atoms with van der Waals surface area (Å²) in [5.74, 6) is 1.57. The zero-order valence-corrected chi connectivity index (χ0v) is 19.3. The van der Waals surface area contributed by atoms with Gasteiger partial charge in [-0.25, -0.2) is 0 Å². The van der Waals surface area contributed by atoms with Crippen molar-refractivity contribution in [3.8, 4) is 11.5 Å². The summed E-state index contributed by atoms with van der Waals surface area (Å²) in [6.45, 7) is 15.6. The maximum absolute atomic E-state index is 6.32. The minimum absolute atomic E-state index is 0.273. The molecule has 0 aliphatic carbocycles. The summed E-state index contributed by atoms with van der Waals surface area (Å²) in [6, 6.07) is 6.66. The molecular formula is C21H39NO3Si. The molecule has 26 heavy (non-hydrogen) atoms. The molecule has 0 spiro atoms. The lowest BCUT2D eigenvalue weighted by molar-refractivity contribution is 0.199. The van der Waals surface area contributed by atoms with E-state index in [2.05, 4.69) is 64.9 Å². The molecule has 0 aliphatic heterocycles. The maximum Gasteiger partial charge on any atom is 0.191 e. The summed E-state index contributed by atoms with van der Waals surface area (Å²) in [5, 5.41) is 0.273. The molecule has 1 atom stereocenters. The predicted octanol–water partition coefficient (Wildman–Crippen LogP) is 4.98. The van der Waals surface area contributed by atoms with Gasteiger partial charge in [-0.05, 0) is 62.6 Å². The zero-order chi connectivity index (χ0) is 20.0. The summed E-state index contributed by atoms with van der Waals surface area (Å²) in [5.41, 5.74) is 1.26. The fourth-order valence-corrected chi connectivity index (χ4v) is 3.54. The van der Waals surface area contributed by atoms with Gasteiger partial charge in [0.1, 0.15) is 0 Å². The summed E-state index contributed by atoms with van der Waals surface area (Å²) in [4.78, 5) is 2.41. The highest BCUT2D eigenvalue weighted by Crippen LogP contribution is 2.36. The lowest BCUT2D eigenvalue weighted by atomic mass is 10.1. The molecule has 4 nitrogen and oxygen atoms in total. The van der Waals surface area contributed by atoms with Crippen molar-refractivity contribution in [2.45, 2.75) is 64.7 Å². The van der Waals surface area contributed by atoms with Gasteiger partial charge in [0.05, 0.1) is 14.2 Å². The first kappa shape index (κ1) is 23.0. The van der Waals surface area contributed by atoms with E-state index in [1.807, 2.05) is 6.07 Å². The summed E-state index contributed by atoms with van der Waals surface area (Å²) in [7, 11) is 3.89. The van der Waals surface area contributed by atoms with E-state index in [1.165, 1.54) is 5.56 Å². The fraction of sp³-hybridized carbons (Fsp3) is 0.714. The Kier molecular flexibility index (Phi) is 8.64. The topological polar surface area (TPSA) is 30.9 Å². The number of rotatable bonds is 10. The van der Waals surface area contributed by atoms with Gasteiger partial charge in [-0.1, -0.05) is 26.8 Å². The normalized spacial score (nSPS) is 13.8. The van der Waals surface area contributed by atoms with Crippen molar-refractivity contribution in [2.75, 3.05) is 34.4 Å². The Labute approximate surface area is 162 Å². The standard InChI is InChI=1S/C21H39NO3Si/c1-17(13-15-25-26(8,9)21(2,3)4)22(5)14-12-18-10-11-19(23-6)20(16-18)24-7/h10-11,16-17H,12-15H2,1-9H3. The van der Waals surface area contributed by atoms with Crippen LogP contribution in [0.15, 0.2) is 18.2 Å². The highest BCUT2D eigenvalue weighted by molar-refractivity contribution is 6.74. The SMILES string of the molecule is COc1ccc(CCN(C)C(C)CCO[Si](C)(C)C(C)(C)C)cc1OC. The van der Waals surface area contributed by atoms with Gasteiger partial charge >= 0.3 is 0 Å². The minimum atomic E-state index is -1.64. The second-order valence-corrected chi connectivity index (χ2v) is 13.5. The minimum Gasteiger partial charge on any atom is -0.493 e. The van der Waals surface area contributed by atoms with Crippen molar-refractivity contribution < 1.29 is 13.9 Å². The van der Waals surface area contributed by atoms with Crippen LogP contribution in [0.4, 0.5) is 0 Å². The molecule has 0 saturated heterocycles. The Balaban J connectivity index is 2.46. The van der Waals surface area contributed by atoms with Crippen LogP contribution in [0, 0.1) is 0 Å². The smallest absolute Gasteiger partial charge is 0.191 e. The molecule has 0 bridgehead atoms. The second-order valence-electron chi connectivity index (χ2n) is 8.67. The zero-order valence-electron chi connectivity index (χ0n) is 18.3. The van der Waals surface area contributed by atoms with Crippen LogP contribution < -0.4 is 9.47 Å². The van der Waals surface area contributed by atoms with Crippen LogP contribution in [-0.4, -0.2) is 53.7 Å². The Morgan fingerprint density at radius 2 is 1.69 bits per heavy atom. The van der Waals surface area contributed by atoms with Crippen LogP contribution in [0.3, 0.4) is 0 Å². The Morgan fingerprint density at radius 1 is 1.08 bits per heavy atom. The van der Waals surface area contributed by atoms with E-state index in [0.717, 1.165) is 37.5 Å². The first-order valence-electron chi connectivity index (χ1n) is 9.57. The number of ether oxygens (including phenoxy) is 2. The number of nitrogens with zero attached hydrogens (tertiary/aromatic N) is 1. The molecule has 5 heteroatoms. The second kappa shape index (κ2) is 9.77. The number of hydrogen-bond acceptors (Lipinski definition) is 4. The third-order valence-electron chi connectivity index (χ3n) is 5.76. The number of methoxy groups -OCH3 is 2. The first-order valence-corrected chi connectivity index (χ1v) is 12.5. The number of likely N-dealkylation sites (N-methyl/N-ethyl adjacent to an activating group) is 1. The Hall–Kier alpha value is -1.04. The van der Waals surface area contributed by atoms with Crippen LogP contribution in [0.5, 0.6) is 11.5 Å². The molecular weight excluding hydrogens is 342 g/mol. The van der Waals surface area contributed by atoms with E-state index in [1.54, 1.807) is 14.2 Å². The summed E-state index contributed by atoms with van der Waals surface area (Å²) in [6.07, 6.45) is 2.05. The van der Waals surface area contributed by atoms with Crippen LogP contribution >= 0.6 is 0 Å².